The van der Waals surface area contributed by atoms with E-state index in [0.29, 0.717) is 12.5 Å². The van der Waals surface area contributed by atoms with Gasteiger partial charge in [-0.2, -0.15) is 0 Å². The molecule has 3 rings (SSSR count). The van der Waals surface area contributed by atoms with Gasteiger partial charge in [0.25, 0.3) is 0 Å². The van der Waals surface area contributed by atoms with Gasteiger partial charge >= 0.3 is 5.97 Å². The van der Waals surface area contributed by atoms with Crippen molar-refractivity contribution >= 4 is 11.7 Å². The van der Waals surface area contributed by atoms with Crippen LogP contribution in [0, 0.1) is 11.3 Å². The molecule has 0 atom stereocenters. The molecule has 114 valence electrons. The minimum Gasteiger partial charge on any atom is -0.481 e. The highest BCUT2D eigenvalue weighted by Gasteiger charge is 2.43. The second-order valence-electron chi connectivity index (χ2n) is 6.92. The Hall–Kier alpha value is -1.51. The third-order valence-electron chi connectivity index (χ3n) is 5.39. The maximum atomic E-state index is 11.9. The fraction of sp³-hybridized carbons (Fsp3) is 0.611. The number of anilines is 1. The number of benzene rings is 1. The van der Waals surface area contributed by atoms with E-state index >= 15 is 0 Å². The number of aryl methyl sites for hydroxylation is 1. The summed E-state index contributed by atoms with van der Waals surface area (Å²) in [5.74, 6) is 0.0728. The highest BCUT2D eigenvalue weighted by molar-refractivity contribution is 5.76. The van der Waals surface area contributed by atoms with E-state index in [2.05, 4.69) is 36.1 Å². The van der Waals surface area contributed by atoms with Crippen LogP contribution in [0.3, 0.4) is 0 Å². The van der Waals surface area contributed by atoms with Gasteiger partial charge in [-0.15, -0.1) is 0 Å². The minimum atomic E-state index is -0.600. The number of hydrogen-bond acceptors (Lipinski definition) is 2. The molecule has 1 fully saturated rings. The molecule has 2 aliphatic rings. The number of fused-ring (bicyclic) bond motifs is 1. The van der Waals surface area contributed by atoms with Crippen LogP contribution in [0.2, 0.25) is 0 Å². The largest absolute Gasteiger partial charge is 0.481 e. The van der Waals surface area contributed by atoms with E-state index in [1.807, 2.05) is 0 Å². The van der Waals surface area contributed by atoms with Gasteiger partial charge in [0.2, 0.25) is 0 Å². The Labute approximate surface area is 127 Å². The van der Waals surface area contributed by atoms with Gasteiger partial charge in [0.05, 0.1) is 5.41 Å². The molecule has 1 N–H and O–H groups in total. The standard InChI is InChI=1S/C18H25NO2/c1-14-8-10-18(11-9-14,17(20)21)13-19-12-4-6-15-5-2-3-7-16(15)19/h2-3,5,7,14H,4,6,8-13H2,1H3,(H,20,21). The van der Waals surface area contributed by atoms with E-state index < -0.39 is 11.4 Å². The van der Waals surface area contributed by atoms with E-state index in [1.54, 1.807) is 0 Å². The van der Waals surface area contributed by atoms with Gasteiger partial charge < -0.3 is 10.0 Å². The number of carboxylic acids is 1. The molecule has 1 aliphatic heterocycles. The topological polar surface area (TPSA) is 40.5 Å². The zero-order chi connectivity index (χ0) is 14.9. The molecule has 1 heterocycles. The zero-order valence-electron chi connectivity index (χ0n) is 12.8. The highest BCUT2D eigenvalue weighted by Crippen LogP contribution is 2.41. The first-order chi connectivity index (χ1) is 10.1. The lowest BCUT2D eigenvalue weighted by Crippen LogP contribution is -2.46. The fourth-order valence-corrected chi connectivity index (χ4v) is 3.90. The molecule has 3 heteroatoms. The van der Waals surface area contributed by atoms with Crippen LogP contribution in [-0.2, 0) is 11.2 Å². The quantitative estimate of drug-likeness (QED) is 0.921. The Morgan fingerprint density at radius 3 is 2.76 bits per heavy atom. The Balaban J connectivity index is 1.83. The van der Waals surface area contributed by atoms with Crippen LogP contribution in [0.1, 0.15) is 44.6 Å². The van der Waals surface area contributed by atoms with Crippen LogP contribution >= 0.6 is 0 Å². The molecule has 0 saturated heterocycles. The van der Waals surface area contributed by atoms with Crippen molar-refractivity contribution in [3.63, 3.8) is 0 Å². The van der Waals surface area contributed by atoms with Crippen LogP contribution in [0.25, 0.3) is 0 Å². The maximum absolute atomic E-state index is 11.9. The molecule has 1 saturated carbocycles. The Bertz CT molecular complexity index is 518. The zero-order valence-corrected chi connectivity index (χ0v) is 12.8. The molecule has 1 aliphatic carbocycles. The summed E-state index contributed by atoms with van der Waals surface area (Å²) in [5, 5.41) is 9.83. The van der Waals surface area contributed by atoms with Crippen molar-refractivity contribution < 1.29 is 9.90 Å². The fourth-order valence-electron chi connectivity index (χ4n) is 3.90. The van der Waals surface area contributed by atoms with E-state index in [1.165, 1.54) is 11.3 Å². The normalized spacial score (nSPS) is 29.0. The molecule has 0 spiro atoms. The SMILES string of the molecule is CC1CCC(CN2CCCc3ccccc32)(C(=O)O)CC1. The monoisotopic (exact) mass is 287 g/mol. The van der Waals surface area contributed by atoms with Crippen molar-refractivity contribution in [3.8, 4) is 0 Å². The Kier molecular flexibility index (Phi) is 3.92. The Morgan fingerprint density at radius 2 is 2.05 bits per heavy atom. The second-order valence-corrected chi connectivity index (χ2v) is 6.92. The number of rotatable bonds is 3. The number of aliphatic carboxylic acids is 1. The van der Waals surface area contributed by atoms with Crippen LogP contribution in [-0.4, -0.2) is 24.2 Å². The van der Waals surface area contributed by atoms with Crippen molar-refractivity contribution in [3.05, 3.63) is 29.8 Å². The van der Waals surface area contributed by atoms with Gasteiger partial charge in [-0.1, -0.05) is 25.1 Å². The van der Waals surface area contributed by atoms with Crippen LogP contribution < -0.4 is 4.90 Å². The highest BCUT2D eigenvalue weighted by atomic mass is 16.4. The molecule has 0 aromatic heterocycles. The predicted octanol–water partition coefficient (Wildman–Crippen LogP) is 3.72. The van der Waals surface area contributed by atoms with Gasteiger partial charge in [0, 0.05) is 18.8 Å². The van der Waals surface area contributed by atoms with Crippen LogP contribution in [0.4, 0.5) is 5.69 Å². The summed E-state index contributed by atoms with van der Waals surface area (Å²) in [5.41, 5.74) is 2.08. The molecule has 3 nitrogen and oxygen atoms in total. The minimum absolute atomic E-state index is 0.545. The summed E-state index contributed by atoms with van der Waals surface area (Å²) in [6.45, 7) is 3.90. The molecular formula is C18H25NO2. The van der Waals surface area contributed by atoms with Crippen LogP contribution in [0.5, 0.6) is 0 Å². The number of para-hydroxylation sites is 1. The second kappa shape index (κ2) is 5.70. The van der Waals surface area contributed by atoms with E-state index in [4.69, 9.17) is 0 Å². The average molecular weight is 287 g/mol. The van der Waals surface area contributed by atoms with Crippen LogP contribution in [0.15, 0.2) is 24.3 Å². The van der Waals surface area contributed by atoms with Crippen molar-refractivity contribution in [2.75, 3.05) is 18.0 Å². The van der Waals surface area contributed by atoms with E-state index in [-0.39, 0.29) is 0 Å². The molecule has 0 bridgehead atoms. The summed E-state index contributed by atoms with van der Waals surface area (Å²) in [6.07, 6.45) is 5.97. The van der Waals surface area contributed by atoms with Gasteiger partial charge in [-0.25, -0.2) is 0 Å². The summed E-state index contributed by atoms with van der Waals surface area (Å²) in [7, 11) is 0. The number of carboxylic acid groups (broad SMARTS) is 1. The summed E-state index contributed by atoms with van der Waals surface area (Å²) >= 11 is 0. The van der Waals surface area contributed by atoms with Gasteiger partial charge in [-0.3, -0.25) is 4.79 Å². The Morgan fingerprint density at radius 1 is 1.33 bits per heavy atom. The first-order valence-electron chi connectivity index (χ1n) is 8.17. The smallest absolute Gasteiger partial charge is 0.311 e. The van der Waals surface area contributed by atoms with Crippen molar-refractivity contribution in [2.24, 2.45) is 11.3 Å². The first kappa shape index (κ1) is 14.4. The lowest BCUT2D eigenvalue weighted by molar-refractivity contribution is -0.150. The van der Waals surface area contributed by atoms with E-state index in [9.17, 15) is 9.90 Å². The first-order valence-corrected chi connectivity index (χ1v) is 8.17. The number of carbonyl (C=O) groups is 1. The van der Waals surface area contributed by atoms with Gasteiger partial charge in [-0.05, 0) is 56.1 Å². The summed E-state index contributed by atoms with van der Waals surface area (Å²) in [4.78, 5) is 14.3. The van der Waals surface area contributed by atoms with Gasteiger partial charge in [0.15, 0.2) is 0 Å². The number of hydrogen-bond donors (Lipinski definition) is 1. The third-order valence-corrected chi connectivity index (χ3v) is 5.39. The molecule has 1 aromatic rings. The third kappa shape index (κ3) is 2.78. The van der Waals surface area contributed by atoms with Crippen molar-refractivity contribution in [2.45, 2.75) is 45.4 Å². The molecule has 0 radical (unpaired) electrons. The predicted molar refractivity (Wildman–Crippen MR) is 84.7 cm³/mol. The molecule has 21 heavy (non-hydrogen) atoms. The van der Waals surface area contributed by atoms with Crippen molar-refractivity contribution in [1.29, 1.82) is 0 Å². The summed E-state index contributed by atoms with van der Waals surface area (Å²) in [6, 6.07) is 8.47. The number of nitrogens with zero attached hydrogens (tertiary/aromatic N) is 1. The summed E-state index contributed by atoms with van der Waals surface area (Å²) < 4.78 is 0. The lowest BCUT2D eigenvalue weighted by Gasteiger charge is -2.42. The van der Waals surface area contributed by atoms with E-state index in [0.717, 1.165) is 45.1 Å². The molecule has 0 amide bonds. The molecular weight excluding hydrogens is 262 g/mol. The molecule has 1 aromatic carbocycles. The van der Waals surface area contributed by atoms with Crippen molar-refractivity contribution in [1.82, 2.24) is 0 Å². The van der Waals surface area contributed by atoms with Gasteiger partial charge in [0.1, 0.15) is 0 Å². The molecule has 0 unspecified atom stereocenters. The average Bonchev–Trinajstić information content (AvgIpc) is 2.50. The lowest BCUT2D eigenvalue weighted by atomic mass is 9.70. The maximum Gasteiger partial charge on any atom is 0.311 e.